The van der Waals surface area contributed by atoms with Gasteiger partial charge in [-0.25, -0.2) is 4.98 Å². The molecule has 102 valence electrons. The highest BCUT2D eigenvalue weighted by Crippen LogP contribution is 2.22. The molecule has 0 aliphatic heterocycles. The van der Waals surface area contributed by atoms with E-state index >= 15 is 0 Å². The molecule has 0 spiro atoms. The van der Waals surface area contributed by atoms with E-state index in [0.29, 0.717) is 11.8 Å². The van der Waals surface area contributed by atoms with Gasteiger partial charge < -0.3 is 4.90 Å². The summed E-state index contributed by atoms with van der Waals surface area (Å²) < 4.78 is 0. The maximum atomic E-state index is 4.54. The van der Waals surface area contributed by atoms with Gasteiger partial charge >= 0.3 is 0 Å². The first kappa shape index (κ1) is 15.2. The standard InChI is InChI=1S/C13H24N4S/c1-7-10(4)8-18-13-15-11(9(2)3)14-12(16-13)17(5)6/h9-10H,7-8H2,1-6H3. The van der Waals surface area contributed by atoms with Crippen molar-refractivity contribution >= 4 is 17.7 Å². The number of thioether (sulfide) groups is 1. The van der Waals surface area contributed by atoms with Gasteiger partial charge in [-0.3, -0.25) is 0 Å². The number of nitrogens with zero attached hydrogens (tertiary/aromatic N) is 4. The van der Waals surface area contributed by atoms with Crippen LogP contribution in [0.2, 0.25) is 0 Å². The predicted octanol–water partition coefficient (Wildman–Crippen LogP) is 3.20. The number of hydrogen-bond acceptors (Lipinski definition) is 5. The molecular weight excluding hydrogens is 244 g/mol. The molecule has 18 heavy (non-hydrogen) atoms. The Morgan fingerprint density at radius 1 is 1.11 bits per heavy atom. The zero-order valence-corrected chi connectivity index (χ0v) is 13.1. The van der Waals surface area contributed by atoms with Crippen molar-refractivity contribution in [1.29, 1.82) is 0 Å². The van der Waals surface area contributed by atoms with Crippen LogP contribution < -0.4 is 4.90 Å². The molecule has 0 radical (unpaired) electrons. The second-order valence-electron chi connectivity index (χ2n) is 5.15. The summed E-state index contributed by atoms with van der Waals surface area (Å²) in [4.78, 5) is 15.4. The summed E-state index contributed by atoms with van der Waals surface area (Å²) in [6, 6.07) is 0. The Labute approximate surface area is 115 Å². The van der Waals surface area contributed by atoms with E-state index in [2.05, 4.69) is 42.6 Å². The molecule has 0 saturated heterocycles. The molecule has 1 aromatic rings. The average Bonchev–Trinajstić information content (AvgIpc) is 2.35. The largest absolute Gasteiger partial charge is 0.347 e. The van der Waals surface area contributed by atoms with Gasteiger partial charge in [-0.1, -0.05) is 45.9 Å². The highest BCUT2D eigenvalue weighted by atomic mass is 32.2. The van der Waals surface area contributed by atoms with Crippen LogP contribution in [0.4, 0.5) is 5.95 Å². The smallest absolute Gasteiger partial charge is 0.229 e. The first-order chi connectivity index (χ1) is 8.43. The van der Waals surface area contributed by atoms with E-state index < -0.39 is 0 Å². The quantitative estimate of drug-likeness (QED) is 0.741. The summed E-state index contributed by atoms with van der Waals surface area (Å²) in [5.41, 5.74) is 0. The maximum Gasteiger partial charge on any atom is 0.229 e. The number of hydrogen-bond donors (Lipinski definition) is 0. The molecule has 0 N–H and O–H groups in total. The maximum absolute atomic E-state index is 4.54. The van der Waals surface area contributed by atoms with Crippen LogP contribution in [0.5, 0.6) is 0 Å². The summed E-state index contributed by atoms with van der Waals surface area (Å²) in [6.45, 7) is 8.68. The molecule has 1 heterocycles. The minimum Gasteiger partial charge on any atom is -0.347 e. The van der Waals surface area contributed by atoms with Crippen LogP contribution in [0, 0.1) is 5.92 Å². The second kappa shape index (κ2) is 6.92. The third kappa shape index (κ3) is 4.44. The Balaban J connectivity index is 2.89. The van der Waals surface area contributed by atoms with Crippen molar-refractivity contribution in [2.24, 2.45) is 5.92 Å². The molecule has 0 saturated carbocycles. The molecule has 0 fully saturated rings. The van der Waals surface area contributed by atoms with Crippen LogP contribution in [0.3, 0.4) is 0 Å². The summed E-state index contributed by atoms with van der Waals surface area (Å²) in [5, 5.41) is 0.845. The summed E-state index contributed by atoms with van der Waals surface area (Å²) in [7, 11) is 3.92. The Morgan fingerprint density at radius 3 is 2.28 bits per heavy atom. The van der Waals surface area contributed by atoms with Gasteiger partial charge in [0.15, 0.2) is 5.16 Å². The molecule has 0 bridgehead atoms. The highest BCUT2D eigenvalue weighted by molar-refractivity contribution is 7.99. The van der Waals surface area contributed by atoms with Crippen LogP contribution in [0.25, 0.3) is 0 Å². The van der Waals surface area contributed by atoms with E-state index in [0.717, 1.165) is 22.7 Å². The van der Waals surface area contributed by atoms with Crippen molar-refractivity contribution in [3.05, 3.63) is 5.82 Å². The Hall–Kier alpha value is -0.840. The Bertz CT molecular complexity index is 353. The molecule has 4 nitrogen and oxygen atoms in total. The fourth-order valence-electron chi connectivity index (χ4n) is 1.22. The molecule has 0 aliphatic rings. The van der Waals surface area contributed by atoms with Crippen molar-refractivity contribution in [2.45, 2.75) is 45.2 Å². The molecule has 1 unspecified atom stereocenters. The van der Waals surface area contributed by atoms with Gasteiger partial charge in [-0.15, -0.1) is 0 Å². The zero-order chi connectivity index (χ0) is 13.7. The molecular formula is C13H24N4S. The lowest BCUT2D eigenvalue weighted by Gasteiger charge is -2.14. The number of anilines is 1. The molecule has 0 aromatic carbocycles. The van der Waals surface area contributed by atoms with E-state index in [1.807, 2.05) is 19.0 Å². The van der Waals surface area contributed by atoms with E-state index in [1.165, 1.54) is 6.42 Å². The minimum absolute atomic E-state index is 0.328. The third-order valence-electron chi connectivity index (χ3n) is 2.73. The van der Waals surface area contributed by atoms with Crippen molar-refractivity contribution < 1.29 is 0 Å². The van der Waals surface area contributed by atoms with Gasteiger partial charge in [-0.05, 0) is 5.92 Å². The lowest BCUT2D eigenvalue weighted by molar-refractivity contribution is 0.634. The SMILES string of the molecule is CCC(C)CSc1nc(C(C)C)nc(N(C)C)n1. The van der Waals surface area contributed by atoms with Crippen LogP contribution in [-0.4, -0.2) is 34.8 Å². The molecule has 1 aromatic heterocycles. The van der Waals surface area contributed by atoms with E-state index in [4.69, 9.17) is 0 Å². The second-order valence-corrected chi connectivity index (χ2v) is 6.14. The number of rotatable bonds is 6. The summed E-state index contributed by atoms with van der Waals surface area (Å²) in [5.74, 6) is 3.71. The first-order valence-electron chi connectivity index (χ1n) is 6.50. The highest BCUT2D eigenvalue weighted by Gasteiger charge is 2.12. The molecule has 0 amide bonds. The Morgan fingerprint density at radius 2 is 1.78 bits per heavy atom. The van der Waals surface area contributed by atoms with Gasteiger partial charge in [0.1, 0.15) is 5.82 Å². The van der Waals surface area contributed by atoms with Gasteiger partial charge in [0, 0.05) is 25.8 Å². The minimum atomic E-state index is 0.328. The van der Waals surface area contributed by atoms with Gasteiger partial charge in [0.25, 0.3) is 0 Å². The molecule has 1 atom stereocenters. The van der Waals surface area contributed by atoms with Crippen LogP contribution in [0.1, 0.15) is 45.9 Å². The van der Waals surface area contributed by atoms with Crippen molar-refractivity contribution in [1.82, 2.24) is 15.0 Å². The topological polar surface area (TPSA) is 41.9 Å². The fraction of sp³-hybridized carbons (Fsp3) is 0.769. The third-order valence-corrected chi connectivity index (χ3v) is 3.91. The van der Waals surface area contributed by atoms with Gasteiger partial charge in [0.2, 0.25) is 5.95 Å². The fourth-order valence-corrected chi connectivity index (χ4v) is 2.19. The van der Waals surface area contributed by atoms with Crippen molar-refractivity contribution in [3.8, 4) is 0 Å². The monoisotopic (exact) mass is 268 g/mol. The van der Waals surface area contributed by atoms with Crippen LogP contribution >= 0.6 is 11.8 Å². The van der Waals surface area contributed by atoms with Crippen LogP contribution in [0.15, 0.2) is 5.16 Å². The van der Waals surface area contributed by atoms with E-state index in [-0.39, 0.29) is 0 Å². The van der Waals surface area contributed by atoms with E-state index in [9.17, 15) is 0 Å². The predicted molar refractivity (Wildman–Crippen MR) is 78.4 cm³/mol. The van der Waals surface area contributed by atoms with Gasteiger partial charge in [-0.2, -0.15) is 9.97 Å². The normalized spacial score (nSPS) is 12.8. The summed E-state index contributed by atoms with van der Waals surface area (Å²) in [6.07, 6.45) is 1.19. The lowest BCUT2D eigenvalue weighted by atomic mass is 10.2. The average molecular weight is 268 g/mol. The van der Waals surface area contributed by atoms with E-state index in [1.54, 1.807) is 11.8 Å². The molecule has 5 heteroatoms. The number of aromatic nitrogens is 3. The first-order valence-corrected chi connectivity index (χ1v) is 7.48. The molecule has 1 rings (SSSR count). The van der Waals surface area contributed by atoms with Crippen molar-refractivity contribution in [2.75, 3.05) is 24.7 Å². The molecule has 0 aliphatic carbocycles. The summed E-state index contributed by atoms with van der Waals surface area (Å²) >= 11 is 1.73. The Kier molecular flexibility index (Phi) is 5.85. The van der Waals surface area contributed by atoms with Crippen molar-refractivity contribution in [3.63, 3.8) is 0 Å². The lowest BCUT2D eigenvalue weighted by Crippen LogP contribution is -2.16. The van der Waals surface area contributed by atoms with Gasteiger partial charge in [0.05, 0.1) is 0 Å². The van der Waals surface area contributed by atoms with Crippen LogP contribution in [-0.2, 0) is 0 Å². The zero-order valence-electron chi connectivity index (χ0n) is 12.3.